The van der Waals surface area contributed by atoms with E-state index in [0.717, 1.165) is 22.8 Å². The second kappa shape index (κ2) is 8.74. The van der Waals surface area contributed by atoms with Crippen LogP contribution in [0, 0.1) is 11.8 Å². The lowest BCUT2D eigenvalue weighted by molar-refractivity contribution is -0.119. The average molecular weight is 337 g/mol. The number of anilines is 2. The molecule has 2 rings (SSSR count). The summed E-state index contributed by atoms with van der Waals surface area (Å²) in [5.41, 5.74) is 1.73. The van der Waals surface area contributed by atoms with Gasteiger partial charge in [0, 0.05) is 24.4 Å². The highest BCUT2D eigenvalue weighted by Crippen LogP contribution is 2.19. The minimum Gasteiger partial charge on any atom is -0.491 e. The lowest BCUT2D eigenvalue weighted by Gasteiger charge is -2.10. The van der Waals surface area contributed by atoms with Gasteiger partial charge in [0.05, 0.1) is 12.1 Å². The SMILES string of the molecule is CC(=O)NC(C)C#Cc1ccc(Nc2ccc(OC(C)C)cc2)nc1. The molecule has 2 N–H and O–H groups in total. The third-order valence-corrected chi connectivity index (χ3v) is 3.11. The van der Waals surface area contributed by atoms with Gasteiger partial charge in [-0.1, -0.05) is 11.8 Å². The van der Waals surface area contributed by atoms with Crippen molar-refractivity contribution in [3.05, 3.63) is 48.2 Å². The van der Waals surface area contributed by atoms with Gasteiger partial charge in [-0.25, -0.2) is 4.98 Å². The molecule has 1 aromatic carbocycles. The van der Waals surface area contributed by atoms with Gasteiger partial charge < -0.3 is 15.4 Å². The number of ether oxygens (including phenoxy) is 1. The van der Waals surface area contributed by atoms with Crippen LogP contribution < -0.4 is 15.4 Å². The summed E-state index contributed by atoms with van der Waals surface area (Å²) in [6, 6.07) is 11.3. The van der Waals surface area contributed by atoms with Crippen LogP contribution in [0.4, 0.5) is 11.5 Å². The predicted molar refractivity (Wildman–Crippen MR) is 99.9 cm³/mol. The number of nitrogens with zero attached hydrogens (tertiary/aromatic N) is 1. The molecule has 0 radical (unpaired) electrons. The summed E-state index contributed by atoms with van der Waals surface area (Å²) in [5.74, 6) is 7.44. The standard InChI is InChI=1S/C20H23N3O2/c1-14(2)25-19-10-8-18(9-11-19)23-20-12-7-17(13-21-20)6-5-15(3)22-16(4)24/h7-15H,1-4H3,(H,21,23)(H,22,24). The van der Waals surface area contributed by atoms with E-state index < -0.39 is 0 Å². The Hall–Kier alpha value is -3.00. The molecule has 130 valence electrons. The van der Waals surface area contributed by atoms with Crippen LogP contribution in [-0.2, 0) is 4.79 Å². The van der Waals surface area contributed by atoms with Gasteiger partial charge in [0.2, 0.25) is 5.91 Å². The van der Waals surface area contributed by atoms with E-state index in [1.165, 1.54) is 6.92 Å². The molecule has 1 atom stereocenters. The number of aromatic nitrogens is 1. The first-order valence-corrected chi connectivity index (χ1v) is 8.21. The van der Waals surface area contributed by atoms with Gasteiger partial charge in [-0.2, -0.15) is 0 Å². The summed E-state index contributed by atoms with van der Waals surface area (Å²) in [4.78, 5) is 15.3. The Morgan fingerprint density at radius 3 is 2.40 bits per heavy atom. The summed E-state index contributed by atoms with van der Waals surface area (Å²) >= 11 is 0. The molecule has 5 heteroatoms. The molecule has 0 bridgehead atoms. The van der Waals surface area contributed by atoms with Crippen molar-refractivity contribution in [3.8, 4) is 17.6 Å². The summed E-state index contributed by atoms with van der Waals surface area (Å²) in [5, 5.41) is 5.95. The maximum atomic E-state index is 10.9. The van der Waals surface area contributed by atoms with Crippen molar-refractivity contribution in [1.82, 2.24) is 10.3 Å². The Balaban J connectivity index is 1.96. The molecule has 0 aliphatic heterocycles. The Morgan fingerprint density at radius 2 is 1.84 bits per heavy atom. The largest absolute Gasteiger partial charge is 0.491 e. The van der Waals surface area contributed by atoms with Gasteiger partial charge in [0.25, 0.3) is 0 Å². The van der Waals surface area contributed by atoms with Gasteiger partial charge in [0.15, 0.2) is 0 Å². The number of benzene rings is 1. The molecule has 1 amide bonds. The third kappa shape index (κ3) is 6.56. The monoisotopic (exact) mass is 337 g/mol. The highest BCUT2D eigenvalue weighted by Gasteiger charge is 2.00. The van der Waals surface area contributed by atoms with Crippen molar-refractivity contribution in [1.29, 1.82) is 0 Å². The number of hydrogen-bond donors (Lipinski definition) is 2. The lowest BCUT2D eigenvalue weighted by atomic mass is 10.2. The molecule has 0 aliphatic rings. The predicted octanol–water partition coefficient (Wildman–Crippen LogP) is 3.49. The molecular formula is C20H23N3O2. The molecular weight excluding hydrogens is 314 g/mol. The van der Waals surface area contributed by atoms with Crippen LogP contribution in [0.1, 0.15) is 33.3 Å². The Morgan fingerprint density at radius 1 is 1.12 bits per heavy atom. The van der Waals surface area contributed by atoms with E-state index in [1.54, 1.807) is 6.20 Å². The van der Waals surface area contributed by atoms with Crippen LogP contribution in [0.15, 0.2) is 42.6 Å². The molecule has 0 saturated carbocycles. The van der Waals surface area contributed by atoms with Gasteiger partial charge in [0.1, 0.15) is 11.6 Å². The fourth-order valence-electron chi connectivity index (χ4n) is 2.11. The van der Waals surface area contributed by atoms with Crippen LogP contribution in [-0.4, -0.2) is 23.0 Å². The normalized spacial score (nSPS) is 11.2. The molecule has 1 aromatic heterocycles. The summed E-state index contributed by atoms with van der Waals surface area (Å²) in [6.45, 7) is 7.31. The summed E-state index contributed by atoms with van der Waals surface area (Å²) in [6.07, 6.45) is 1.86. The average Bonchev–Trinajstić information content (AvgIpc) is 2.55. The zero-order valence-corrected chi connectivity index (χ0v) is 15.0. The van der Waals surface area contributed by atoms with E-state index in [9.17, 15) is 4.79 Å². The number of carbonyl (C=O) groups is 1. The van der Waals surface area contributed by atoms with Gasteiger partial charge in [-0.05, 0) is 57.2 Å². The molecule has 0 saturated heterocycles. The number of hydrogen-bond acceptors (Lipinski definition) is 4. The maximum Gasteiger partial charge on any atom is 0.217 e. The molecule has 1 unspecified atom stereocenters. The van der Waals surface area contributed by atoms with E-state index >= 15 is 0 Å². The second-order valence-corrected chi connectivity index (χ2v) is 5.94. The highest BCUT2D eigenvalue weighted by atomic mass is 16.5. The Bertz CT molecular complexity index is 756. The van der Waals surface area contributed by atoms with Crippen molar-refractivity contribution in [2.45, 2.75) is 39.8 Å². The second-order valence-electron chi connectivity index (χ2n) is 5.94. The van der Waals surface area contributed by atoms with E-state index in [1.807, 2.05) is 57.2 Å². The van der Waals surface area contributed by atoms with Crippen LogP contribution in [0.5, 0.6) is 5.75 Å². The summed E-state index contributed by atoms with van der Waals surface area (Å²) in [7, 11) is 0. The molecule has 25 heavy (non-hydrogen) atoms. The van der Waals surface area contributed by atoms with Gasteiger partial charge in [-0.15, -0.1) is 0 Å². The quantitative estimate of drug-likeness (QED) is 0.820. The van der Waals surface area contributed by atoms with Gasteiger partial charge >= 0.3 is 0 Å². The number of amides is 1. The van der Waals surface area contributed by atoms with Crippen molar-refractivity contribution >= 4 is 17.4 Å². The van der Waals surface area contributed by atoms with Crippen LogP contribution in [0.3, 0.4) is 0 Å². The van der Waals surface area contributed by atoms with E-state index in [0.29, 0.717) is 0 Å². The van der Waals surface area contributed by atoms with E-state index in [2.05, 4.69) is 27.5 Å². The van der Waals surface area contributed by atoms with E-state index in [4.69, 9.17) is 4.74 Å². The molecule has 2 aromatic rings. The summed E-state index contributed by atoms with van der Waals surface area (Å²) < 4.78 is 5.62. The molecule has 1 heterocycles. The van der Waals surface area contributed by atoms with Crippen LogP contribution in [0.2, 0.25) is 0 Å². The number of pyridine rings is 1. The first-order valence-electron chi connectivity index (χ1n) is 8.21. The third-order valence-electron chi connectivity index (χ3n) is 3.11. The zero-order valence-electron chi connectivity index (χ0n) is 15.0. The smallest absolute Gasteiger partial charge is 0.217 e. The van der Waals surface area contributed by atoms with Crippen LogP contribution in [0.25, 0.3) is 0 Å². The fraction of sp³-hybridized carbons (Fsp3) is 0.300. The molecule has 5 nitrogen and oxygen atoms in total. The molecule has 0 fully saturated rings. The van der Waals surface area contributed by atoms with Crippen molar-refractivity contribution in [2.75, 3.05) is 5.32 Å². The Kier molecular flexibility index (Phi) is 6.41. The minimum absolute atomic E-state index is 0.0933. The first-order chi connectivity index (χ1) is 11.9. The van der Waals surface area contributed by atoms with Crippen molar-refractivity contribution < 1.29 is 9.53 Å². The van der Waals surface area contributed by atoms with Crippen LogP contribution >= 0.6 is 0 Å². The number of carbonyl (C=O) groups excluding carboxylic acids is 1. The highest BCUT2D eigenvalue weighted by molar-refractivity contribution is 5.73. The minimum atomic E-state index is -0.193. The van der Waals surface area contributed by atoms with Crippen molar-refractivity contribution in [3.63, 3.8) is 0 Å². The zero-order chi connectivity index (χ0) is 18.2. The topological polar surface area (TPSA) is 63.2 Å². The van der Waals surface area contributed by atoms with Gasteiger partial charge in [-0.3, -0.25) is 4.79 Å². The molecule has 0 aliphatic carbocycles. The first kappa shape index (κ1) is 18.3. The maximum absolute atomic E-state index is 10.9. The lowest BCUT2D eigenvalue weighted by Crippen LogP contribution is -2.28. The Labute approximate surface area is 148 Å². The number of nitrogens with one attached hydrogen (secondary N) is 2. The van der Waals surface area contributed by atoms with E-state index in [-0.39, 0.29) is 18.1 Å². The number of rotatable bonds is 5. The molecule has 0 spiro atoms. The van der Waals surface area contributed by atoms with Crippen molar-refractivity contribution in [2.24, 2.45) is 0 Å². The fourth-order valence-corrected chi connectivity index (χ4v) is 2.11.